The van der Waals surface area contributed by atoms with Crippen LogP contribution < -0.4 is 10.6 Å². The first-order chi connectivity index (χ1) is 8.15. The molecular weight excluding hydrogens is 226 g/mol. The number of aliphatic hydroxyl groups is 2. The van der Waals surface area contributed by atoms with Crippen molar-refractivity contribution in [3.63, 3.8) is 0 Å². The largest absolute Gasteiger partial charge is 0.389 e. The minimum Gasteiger partial charge on any atom is -0.389 e. The normalized spacial score (nSPS) is 24.7. The van der Waals surface area contributed by atoms with Gasteiger partial charge in [-0.3, -0.25) is 0 Å². The number of aromatic amines is 1. The molecule has 1 saturated heterocycles. The zero-order chi connectivity index (χ0) is 12.0. The molecular formula is C9H11N5O3. The van der Waals surface area contributed by atoms with Crippen molar-refractivity contribution in [2.45, 2.75) is 12.2 Å². The molecule has 0 saturated carbocycles. The van der Waals surface area contributed by atoms with E-state index in [4.69, 9.17) is 0 Å². The third-order valence-corrected chi connectivity index (χ3v) is 2.88. The number of nitrogens with zero attached hydrogens (tertiary/aromatic N) is 4. The molecule has 3 N–H and O–H groups in total. The van der Waals surface area contributed by atoms with Gasteiger partial charge in [0, 0.05) is 19.2 Å². The van der Waals surface area contributed by atoms with Gasteiger partial charge in [0.2, 0.25) is 0 Å². The van der Waals surface area contributed by atoms with Crippen molar-refractivity contribution in [3.05, 3.63) is 22.9 Å². The van der Waals surface area contributed by atoms with E-state index in [9.17, 15) is 15.0 Å². The minimum absolute atomic E-state index is 0.318. The average Bonchev–Trinajstić information content (AvgIpc) is 2.84. The number of fused-ring (bicyclic) bond motifs is 1. The third kappa shape index (κ3) is 1.58. The first-order valence-electron chi connectivity index (χ1n) is 5.19. The lowest BCUT2D eigenvalue weighted by Gasteiger charge is -2.15. The molecule has 0 radical (unpaired) electrons. The lowest BCUT2D eigenvalue weighted by molar-refractivity contribution is 0.0572. The predicted molar refractivity (Wildman–Crippen MR) is 57.8 cm³/mol. The molecule has 2 aromatic rings. The van der Waals surface area contributed by atoms with Crippen LogP contribution >= 0.6 is 0 Å². The molecule has 90 valence electrons. The van der Waals surface area contributed by atoms with Gasteiger partial charge >= 0.3 is 5.69 Å². The van der Waals surface area contributed by atoms with Crippen LogP contribution in [-0.2, 0) is 0 Å². The molecule has 8 heteroatoms. The third-order valence-electron chi connectivity index (χ3n) is 2.88. The molecule has 2 aromatic heterocycles. The molecule has 1 aliphatic heterocycles. The summed E-state index contributed by atoms with van der Waals surface area (Å²) in [4.78, 5) is 17.1. The quantitative estimate of drug-likeness (QED) is 0.527. The monoisotopic (exact) mass is 237 g/mol. The molecule has 0 aliphatic carbocycles. The second kappa shape index (κ2) is 3.54. The molecule has 2 unspecified atom stereocenters. The highest BCUT2D eigenvalue weighted by molar-refractivity contribution is 5.51. The fourth-order valence-corrected chi connectivity index (χ4v) is 1.93. The number of rotatable bonds is 1. The van der Waals surface area contributed by atoms with Crippen LogP contribution in [0.5, 0.6) is 0 Å². The van der Waals surface area contributed by atoms with E-state index in [1.54, 1.807) is 11.0 Å². The van der Waals surface area contributed by atoms with Crippen molar-refractivity contribution < 1.29 is 10.2 Å². The standard InChI is InChI=1S/C9H11N5O3/c15-5-2-13(3-6(5)16)7-1-8-11-12-9(17)14(8)4-10-7/h1,4-6,15-16H,2-3H2,(H,12,17). The Labute approximate surface area is 95.1 Å². The number of nitrogens with one attached hydrogen (secondary N) is 1. The predicted octanol–water partition coefficient (Wildman–Crippen LogP) is -2.04. The van der Waals surface area contributed by atoms with Crippen molar-refractivity contribution in [1.82, 2.24) is 19.6 Å². The van der Waals surface area contributed by atoms with Gasteiger partial charge in [0.05, 0.1) is 12.2 Å². The van der Waals surface area contributed by atoms with Crippen molar-refractivity contribution in [2.24, 2.45) is 0 Å². The van der Waals surface area contributed by atoms with Crippen molar-refractivity contribution in [2.75, 3.05) is 18.0 Å². The number of hydrogen-bond donors (Lipinski definition) is 3. The maximum atomic E-state index is 11.2. The summed E-state index contributed by atoms with van der Waals surface area (Å²) in [5.74, 6) is 0.576. The molecule has 3 rings (SSSR count). The van der Waals surface area contributed by atoms with Crippen LogP contribution in [0.1, 0.15) is 0 Å². The summed E-state index contributed by atoms with van der Waals surface area (Å²) in [6.45, 7) is 0.637. The Morgan fingerprint density at radius 2 is 2.06 bits per heavy atom. The van der Waals surface area contributed by atoms with Crippen LogP contribution in [0.2, 0.25) is 0 Å². The van der Waals surface area contributed by atoms with Crippen LogP contribution in [0.4, 0.5) is 5.82 Å². The van der Waals surface area contributed by atoms with E-state index in [-0.39, 0.29) is 5.69 Å². The zero-order valence-corrected chi connectivity index (χ0v) is 8.82. The van der Waals surface area contributed by atoms with Gasteiger partial charge in [-0.15, -0.1) is 0 Å². The van der Waals surface area contributed by atoms with Crippen molar-refractivity contribution in [1.29, 1.82) is 0 Å². The highest BCUT2D eigenvalue weighted by atomic mass is 16.3. The molecule has 0 bridgehead atoms. The summed E-state index contributed by atoms with van der Waals surface area (Å²) < 4.78 is 1.28. The Kier molecular flexibility index (Phi) is 2.13. The number of aromatic nitrogens is 4. The molecule has 1 fully saturated rings. The van der Waals surface area contributed by atoms with E-state index in [1.165, 1.54) is 10.7 Å². The van der Waals surface area contributed by atoms with Gasteiger partial charge in [-0.25, -0.2) is 19.3 Å². The minimum atomic E-state index is -0.769. The van der Waals surface area contributed by atoms with Gasteiger partial charge in [0.15, 0.2) is 5.65 Å². The summed E-state index contributed by atoms with van der Waals surface area (Å²) in [7, 11) is 0. The molecule has 0 aromatic carbocycles. The highest BCUT2D eigenvalue weighted by Gasteiger charge is 2.30. The summed E-state index contributed by atoms with van der Waals surface area (Å²) in [6, 6.07) is 1.63. The van der Waals surface area contributed by atoms with E-state index in [1.807, 2.05) is 0 Å². The molecule has 17 heavy (non-hydrogen) atoms. The summed E-state index contributed by atoms with van der Waals surface area (Å²) in [5.41, 5.74) is 0.108. The molecule has 1 aliphatic rings. The second-order valence-corrected chi connectivity index (χ2v) is 4.04. The van der Waals surface area contributed by atoms with Gasteiger partial charge in [0.1, 0.15) is 12.1 Å². The number of aliphatic hydroxyl groups excluding tert-OH is 2. The second-order valence-electron chi connectivity index (χ2n) is 4.04. The van der Waals surface area contributed by atoms with Gasteiger partial charge in [-0.1, -0.05) is 0 Å². The molecule has 0 spiro atoms. The molecule has 0 amide bonds. The highest BCUT2D eigenvalue weighted by Crippen LogP contribution is 2.18. The smallest absolute Gasteiger partial charge is 0.348 e. The van der Waals surface area contributed by atoms with Gasteiger partial charge < -0.3 is 15.1 Å². The van der Waals surface area contributed by atoms with Gasteiger partial charge in [-0.2, -0.15) is 5.10 Å². The lowest BCUT2D eigenvalue weighted by Crippen LogP contribution is -2.22. The molecule has 8 nitrogen and oxygen atoms in total. The van der Waals surface area contributed by atoms with Crippen molar-refractivity contribution in [3.8, 4) is 0 Å². The SMILES string of the molecule is O=c1[nH]nc2cc(N3CC(O)C(O)C3)ncn12. The van der Waals surface area contributed by atoms with Crippen LogP contribution in [0.25, 0.3) is 5.65 Å². The number of anilines is 1. The maximum absolute atomic E-state index is 11.2. The summed E-state index contributed by atoms with van der Waals surface area (Å²) in [5, 5.41) is 25.0. The van der Waals surface area contributed by atoms with E-state index in [2.05, 4.69) is 15.2 Å². The van der Waals surface area contributed by atoms with E-state index in [0.717, 1.165) is 0 Å². The van der Waals surface area contributed by atoms with Crippen LogP contribution in [0, 0.1) is 0 Å². The van der Waals surface area contributed by atoms with E-state index in [0.29, 0.717) is 24.6 Å². The van der Waals surface area contributed by atoms with Crippen LogP contribution in [0.3, 0.4) is 0 Å². The van der Waals surface area contributed by atoms with Gasteiger partial charge in [-0.05, 0) is 0 Å². The first-order valence-corrected chi connectivity index (χ1v) is 5.19. The molecule has 2 atom stereocenters. The number of H-pyrrole nitrogens is 1. The van der Waals surface area contributed by atoms with Crippen LogP contribution in [-0.4, -0.2) is 55.1 Å². The summed E-state index contributed by atoms with van der Waals surface area (Å²) >= 11 is 0. The number of hydrogen-bond acceptors (Lipinski definition) is 6. The zero-order valence-electron chi connectivity index (χ0n) is 8.82. The number of β-amino-alcohol motifs (C(OH)–C–C–N with tert-alkyl or cyclic N) is 2. The Balaban J connectivity index is 1.99. The Hall–Kier alpha value is -1.93. The molecule has 3 heterocycles. The lowest BCUT2D eigenvalue weighted by atomic mass is 10.3. The summed E-state index contributed by atoms with van der Waals surface area (Å²) in [6.07, 6.45) is -0.170. The average molecular weight is 237 g/mol. The fraction of sp³-hybridized carbons (Fsp3) is 0.444. The van der Waals surface area contributed by atoms with E-state index < -0.39 is 12.2 Å². The van der Waals surface area contributed by atoms with Gasteiger partial charge in [0.25, 0.3) is 0 Å². The topological polar surface area (TPSA) is 107 Å². The first kappa shape index (κ1) is 10.2. The fourth-order valence-electron chi connectivity index (χ4n) is 1.93. The maximum Gasteiger partial charge on any atom is 0.348 e. The Morgan fingerprint density at radius 3 is 2.76 bits per heavy atom. The Bertz CT molecular complexity index is 596. The Morgan fingerprint density at radius 1 is 1.35 bits per heavy atom. The van der Waals surface area contributed by atoms with Crippen LogP contribution in [0.15, 0.2) is 17.2 Å². The van der Waals surface area contributed by atoms with E-state index >= 15 is 0 Å². The van der Waals surface area contributed by atoms with Crippen molar-refractivity contribution >= 4 is 11.5 Å².